The minimum absolute atomic E-state index is 0.0750. The molecule has 10 nitrogen and oxygen atoms in total. The summed E-state index contributed by atoms with van der Waals surface area (Å²) in [5, 5.41) is 8.14. The maximum absolute atomic E-state index is 12.9. The number of aromatic nitrogens is 3. The summed E-state index contributed by atoms with van der Waals surface area (Å²) in [6.45, 7) is 4.74. The van der Waals surface area contributed by atoms with Crippen molar-refractivity contribution in [2.24, 2.45) is 5.92 Å². The Morgan fingerprint density at radius 2 is 1.94 bits per heavy atom. The van der Waals surface area contributed by atoms with E-state index < -0.39 is 0 Å². The van der Waals surface area contributed by atoms with Crippen molar-refractivity contribution < 1.29 is 23.9 Å². The van der Waals surface area contributed by atoms with E-state index in [9.17, 15) is 14.4 Å². The zero-order valence-electron chi connectivity index (χ0n) is 18.9. The molecule has 1 aliphatic heterocycles. The van der Waals surface area contributed by atoms with Crippen molar-refractivity contribution in [3.05, 3.63) is 35.7 Å². The number of piperidine rings is 1. The first kappa shape index (κ1) is 23.2. The van der Waals surface area contributed by atoms with E-state index in [-0.39, 0.29) is 35.9 Å². The summed E-state index contributed by atoms with van der Waals surface area (Å²) in [5.41, 5.74) is 1.47. The number of hydrogen-bond acceptors (Lipinski definition) is 7. The molecule has 10 heteroatoms. The summed E-state index contributed by atoms with van der Waals surface area (Å²) >= 11 is 0. The summed E-state index contributed by atoms with van der Waals surface area (Å²) < 4.78 is 11.9. The summed E-state index contributed by atoms with van der Waals surface area (Å²) in [5.74, 6) is -0.263. The van der Waals surface area contributed by atoms with E-state index >= 15 is 0 Å². The standard InChI is InChI=1S/C22H29N5O5/c1-5-32-22(30)16-9-11-26(12-10-16)19(28)14-25(3)21(29)20-15(2)27(24-23-20)17-7-6-8-18(13-17)31-4/h6-8,13,16H,5,9-12,14H2,1-4H3. The molecular formula is C22H29N5O5. The Morgan fingerprint density at radius 3 is 2.59 bits per heavy atom. The van der Waals surface area contributed by atoms with Gasteiger partial charge in [0.25, 0.3) is 5.91 Å². The van der Waals surface area contributed by atoms with E-state index in [2.05, 4.69) is 10.3 Å². The van der Waals surface area contributed by atoms with Crippen LogP contribution < -0.4 is 4.74 Å². The molecule has 3 rings (SSSR count). The molecule has 2 aromatic rings. The van der Waals surface area contributed by atoms with Crippen LogP contribution in [0.1, 0.15) is 35.9 Å². The Balaban J connectivity index is 1.61. The highest BCUT2D eigenvalue weighted by Gasteiger charge is 2.30. The second-order valence-corrected chi connectivity index (χ2v) is 7.71. The number of carbonyl (C=O) groups excluding carboxylic acids is 3. The number of carbonyl (C=O) groups is 3. The van der Waals surface area contributed by atoms with Gasteiger partial charge in [0.15, 0.2) is 5.69 Å². The minimum atomic E-state index is -0.383. The zero-order chi connectivity index (χ0) is 23.3. The number of hydrogen-bond donors (Lipinski definition) is 0. The molecule has 32 heavy (non-hydrogen) atoms. The first-order chi connectivity index (χ1) is 15.3. The predicted octanol–water partition coefficient (Wildman–Crippen LogP) is 1.46. The molecule has 0 radical (unpaired) electrons. The fourth-order valence-electron chi connectivity index (χ4n) is 3.69. The van der Waals surface area contributed by atoms with Crippen molar-refractivity contribution in [2.75, 3.05) is 40.4 Å². The third kappa shape index (κ3) is 5.06. The van der Waals surface area contributed by atoms with E-state index in [0.29, 0.717) is 44.0 Å². The smallest absolute Gasteiger partial charge is 0.309 e. The Morgan fingerprint density at radius 1 is 1.22 bits per heavy atom. The second kappa shape index (κ2) is 10.3. The predicted molar refractivity (Wildman–Crippen MR) is 116 cm³/mol. The maximum Gasteiger partial charge on any atom is 0.309 e. The lowest BCUT2D eigenvalue weighted by molar-refractivity contribution is -0.151. The molecule has 1 aromatic carbocycles. The van der Waals surface area contributed by atoms with Crippen molar-refractivity contribution in [1.29, 1.82) is 0 Å². The number of rotatable bonds is 7. The molecule has 2 heterocycles. The fourth-order valence-corrected chi connectivity index (χ4v) is 3.69. The third-order valence-electron chi connectivity index (χ3n) is 5.58. The number of benzene rings is 1. The quantitative estimate of drug-likeness (QED) is 0.596. The van der Waals surface area contributed by atoms with Crippen LogP contribution in [0.4, 0.5) is 0 Å². The van der Waals surface area contributed by atoms with E-state index in [1.165, 1.54) is 4.90 Å². The van der Waals surface area contributed by atoms with Crippen LogP contribution in [-0.4, -0.2) is 83.0 Å². The highest BCUT2D eigenvalue weighted by Crippen LogP contribution is 2.20. The molecule has 0 atom stereocenters. The molecule has 2 amide bonds. The molecule has 0 bridgehead atoms. The van der Waals surface area contributed by atoms with Crippen molar-refractivity contribution >= 4 is 17.8 Å². The molecular weight excluding hydrogens is 414 g/mol. The monoisotopic (exact) mass is 443 g/mol. The van der Waals surface area contributed by atoms with Crippen molar-refractivity contribution in [3.8, 4) is 11.4 Å². The normalized spacial score (nSPS) is 14.2. The van der Waals surface area contributed by atoms with Gasteiger partial charge in [-0.05, 0) is 38.8 Å². The lowest BCUT2D eigenvalue weighted by atomic mass is 9.97. The van der Waals surface area contributed by atoms with Crippen LogP contribution in [0.15, 0.2) is 24.3 Å². The van der Waals surface area contributed by atoms with Gasteiger partial charge in [-0.1, -0.05) is 11.3 Å². The molecule has 1 aliphatic rings. The van der Waals surface area contributed by atoms with Crippen LogP contribution >= 0.6 is 0 Å². The summed E-state index contributed by atoms with van der Waals surface area (Å²) in [7, 11) is 3.14. The van der Waals surface area contributed by atoms with Gasteiger partial charge in [-0.2, -0.15) is 0 Å². The van der Waals surface area contributed by atoms with Gasteiger partial charge in [0, 0.05) is 26.2 Å². The molecule has 1 fully saturated rings. The molecule has 0 spiro atoms. The van der Waals surface area contributed by atoms with Crippen molar-refractivity contribution in [3.63, 3.8) is 0 Å². The molecule has 0 saturated carbocycles. The summed E-state index contributed by atoms with van der Waals surface area (Å²) in [4.78, 5) is 40.5. The second-order valence-electron chi connectivity index (χ2n) is 7.71. The fraction of sp³-hybridized carbons (Fsp3) is 0.500. The first-order valence-corrected chi connectivity index (χ1v) is 10.6. The lowest BCUT2D eigenvalue weighted by Crippen LogP contribution is -2.45. The topological polar surface area (TPSA) is 107 Å². The van der Waals surface area contributed by atoms with E-state index in [1.54, 1.807) is 43.7 Å². The van der Waals surface area contributed by atoms with Gasteiger partial charge in [0.1, 0.15) is 5.75 Å². The third-order valence-corrected chi connectivity index (χ3v) is 5.58. The van der Waals surface area contributed by atoms with E-state index in [0.717, 1.165) is 5.69 Å². The van der Waals surface area contributed by atoms with Gasteiger partial charge in [-0.3, -0.25) is 14.4 Å². The van der Waals surface area contributed by atoms with E-state index in [4.69, 9.17) is 9.47 Å². The van der Waals surface area contributed by atoms with Crippen LogP contribution in [0.3, 0.4) is 0 Å². The molecule has 172 valence electrons. The van der Waals surface area contributed by atoms with Crippen LogP contribution in [0.2, 0.25) is 0 Å². The van der Waals surface area contributed by atoms with Crippen LogP contribution in [-0.2, 0) is 14.3 Å². The average Bonchev–Trinajstić information content (AvgIpc) is 3.19. The van der Waals surface area contributed by atoms with Gasteiger partial charge in [-0.25, -0.2) is 4.68 Å². The van der Waals surface area contributed by atoms with Crippen LogP contribution in [0.25, 0.3) is 5.69 Å². The van der Waals surface area contributed by atoms with Crippen molar-refractivity contribution in [1.82, 2.24) is 24.8 Å². The zero-order valence-corrected chi connectivity index (χ0v) is 18.9. The van der Waals surface area contributed by atoms with Gasteiger partial charge in [0.2, 0.25) is 5.91 Å². The number of methoxy groups -OCH3 is 1. The molecule has 0 N–H and O–H groups in total. The number of likely N-dealkylation sites (tertiary alicyclic amines) is 1. The van der Waals surface area contributed by atoms with Crippen molar-refractivity contribution in [2.45, 2.75) is 26.7 Å². The Hall–Kier alpha value is -3.43. The summed E-state index contributed by atoms with van der Waals surface area (Å²) in [6.07, 6.45) is 1.13. The van der Waals surface area contributed by atoms with Crippen LogP contribution in [0.5, 0.6) is 5.75 Å². The average molecular weight is 444 g/mol. The van der Waals surface area contributed by atoms with Gasteiger partial charge in [0.05, 0.1) is 37.6 Å². The Kier molecular flexibility index (Phi) is 7.45. The minimum Gasteiger partial charge on any atom is -0.497 e. The largest absolute Gasteiger partial charge is 0.497 e. The molecule has 0 unspecified atom stereocenters. The van der Waals surface area contributed by atoms with Gasteiger partial charge >= 0.3 is 5.97 Å². The summed E-state index contributed by atoms with van der Waals surface area (Å²) in [6, 6.07) is 7.28. The van der Waals surface area contributed by atoms with Crippen LogP contribution in [0, 0.1) is 12.8 Å². The number of amides is 2. The molecule has 1 saturated heterocycles. The first-order valence-electron chi connectivity index (χ1n) is 10.6. The number of nitrogens with zero attached hydrogens (tertiary/aromatic N) is 5. The van der Waals surface area contributed by atoms with E-state index in [1.807, 2.05) is 18.2 Å². The number of ether oxygens (including phenoxy) is 2. The molecule has 1 aromatic heterocycles. The van der Waals surface area contributed by atoms with Gasteiger partial charge < -0.3 is 19.3 Å². The van der Waals surface area contributed by atoms with Gasteiger partial charge in [-0.15, -0.1) is 5.10 Å². The Labute approximate surface area is 187 Å². The number of likely N-dealkylation sites (N-methyl/N-ethyl adjacent to an activating group) is 1. The lowest BCUT2D eigenvalue weighted by Gasteiger charge is -2.32. The highest BCUT2D eigenvalue weighted by molar-refractivity contribution is 5.95. The Bertz CT molecular complexity index is 981. The SMILES string of the molecule is CCOC(=O)C1CCN(C(=O)CN(C)C(=O)c2nnn(-c3cccc(OC)c3)c2C)CC1. The number of esters is 1. The highest BCUT2D eigenvalue weighted by atomic mass is 16.5. The maximum atomic E-state index is 12.9. The molecule has 0 aliphatic carbocycles.